The molecule has 1 aromatic heterocycles. The fraction of sp³-hybridized carbons (Fsp3) is 0.214. The number of halogens is 1. The van der Waals surface area contributed by atoms with Crippen LogP contribution in [-0.4, -0.2) is 16.9 Å². The second-order valence-electron chi connectivity index (χ2n) is 4.35. The molecule has 0 saturated carbocycles. The van der Waals surface area contributed by atoms with Gasteiger partial charge in [0.1, 0.15) is 0 Å². The fourth-order valence-corrected chi connectivity index (χ4v) is 1.97. The Morgan fingerprint density at radius 3 is 2.61 bits per heavy atom. The summed E-state index contributed by atoms with van der Waals surface area (Å²) in [6.45, 7) is 1.57. The third-order valence-corrected chi connectivity index (χ3v) is 3.05. The molecule has 1 heterocycles. The average molecular weight is 262 g/mol. The first kappa shape index (κ1) is 12.9. The third-order valence-electron chi connectivity index (χ3n) is 2.68. The fourth-order valence-electron chi connectivity index (χ4n) is 1.78. The first-order chi connectivity index (χ1) is 8.65. The van der Waals surface area contributed by atoms with Crippen LogP contribution in [0.5, 0.6) is 0 Å². The van der Waals surface area contributed by atoms with Crippen LogP contribution in [0.1, 0.15) is 11.3 Å². The number of hydrogen-bond acceptors (Lipinski definition) is 3. The van der Waals surface area contributed by atoms with Gasteiger partial charge in [0.15, 0.2) is 0 Å². The lowest BCUT2D eigenvalue weighted by molar-refractivity contribution is 0.315. The number of hydrogen-bond donors (Lipinski definition) is 1. The monoisotopic (exact) mass is 261 g/mol. The van der Waals surface area contributed by atoms with Gasteiger partial charge in [0, 0.05) is 18.1 Å². The summed E-state index contributed by atoms with van der Waals surface area (Å²) in [7, 11) is 2.04. The molecule has 0 aliphatic carbocycles. The Morgan fingerprint density at radius 1 is 1.17 bits per heavy atom. The van der Waals surface area contributed by atoms with Gasteiger partial charge in [-0.3, -0.25) is 9.88 Å². The molecular weight excluding hydrogens is 246 g/mol. The van der Waals surface area contributed by atoms with Gasteiger partial charge in [-0.25, -0.2) is 0 Å². The van der Waals surface area contributed by atoms with Crippen LogP contribution in [0.15, 0.2) is 42.6 Å². The summed E-state index contributed by atoms with van der Waals surface area (Å²) in [5, 5.41) is 0.801. The van der Waals surface area contributed by atoms with Crippen LogP contribution in [0.4, 0.5) is 5.69 Å². The molecule has 18 heavy (non-hydrogen) atoms. The molecule has 2 aromatic rings. The summed E-state index contributed by atoms with van der Waals surface area (Å²) in [6, 6.07) is 11.7. The van der Waals surface area contributed by atoms with Crippen molar-refractivity contribution in [1.82, 2.24) is 9.88 Å². The summed E-state index contributed by atoms with van der Waals surface area (Å²) in [5.74, 6) is 0. The minimum Gasteiger partial charge on any atom is -0.397 e. The van der Waals surface area contributed by atoms with Crippen molar-refractivity contribution in [3.05, 3.63) is 58.9 Å². The quantitative estimate of drug-likeness (QED) is 0.920. The number of anilines is 1. The van der Waals surface area contributed by atoms with Crippen LogP contribution in [0.25, 0.3) is 0 Å². The predicted octanol–water partition coefficient (Wildman–Crippen LogP) is 2.95. The van der Waals surface area contributed by atoms with Gasteiger partial charge in [0.05, 0.1) is 17.6 Å². The molecule has 0 radical (unpaired) electrons. The Hall–Kier alpha value is -1.58. The molecule has 4 heteroatoms. The first-order valence-corrected chi connectivity index (χ1v) is 6.15. The van der Waals surface area contributed by atoms with E-state index >= 15 is 0 Å². The van der Waals surface area contributed by atoms with Crippen molar-refractivity contribution in [3.8, 4) is 0 Å². The molecule has 3 nitrogen and oxygen atoms in total. The van der Waals surface area contributed by atoms with Crippen molar-refractivity contribution in [2.45, 2.75) is 13.1 Å². The predicted molar refractivity (Wildman–Crippen MR) is 75.3 cm³/mol. The summed E-state index contributed by atoms with van der Waals surface area (Å²) in [6.07, 6.45) is 1.68. The molecule has 0 amide bonds. The van der Waals surface area contributed by atoms with E-state index in [0.29, 0.717) is 5.69 Å². The zero-order valence-corrected chi connectivity index (χ0v) is 11.1. The van der Waals surface area contributed by atoms with Crippen molar-refractivity contribution in [3.63, 3.8) is 0 Å². The molecule has 0 spiro atoms. The second kappa shape index (κ2) is 5.85. The highest BCUT2D eigenvalue weighted by Gasteiger charge is 2.05. The Morgan fingerprint density at radius 2 is 1.94 bits per heavy atom. The van der Waals surface area contributed by atoms with Crippen LogP contribution in [0, 0.1) is 0 Å². The van der Waals surface area contributed by atoms with E-state index in [1.165, 1.54) is 0 Å². The molecular formula is C14H16ClN3. The van der Waals surface area contributed by atoms with E-state index in [1.807, 2.05) is 43.4 Å². The minimum absolute atomic E-state index is 0.688. The SMILES string of the molecule is CN(Cc1ccc(N)cn1)Cc1ccccc1Cl. The average Bonchev–Trinajstić information content (AvgIpc) is 2.35. The Bertz CT molecular complexity index is 511. The van der Waals surface area contributed by atoms with E-state index in [1.54, 1.807) is 6.20 Å². The zero-order valence-electron chi connectivity index (χ0n) is 10.3. The summed E-state index contributed by atoms with van der Waals surface area (Å²) >= 11 is 6.13. The molecule has 0 bridgehead atoms. The number of nitrogens with zero attached hydrogens (tertiary/aromatic N) is 2. The van der Waals surface area contributed by atoms with Gasteiger partial charge < -0.3 is 5.73 Å². The molecule has 0 aliphatic rings. The van der Waals surface area contributed by atoms with Gasteiger partial charge in [-0.2, -0.15) is 0 Å². The second-order valence-corrected chi connectivity index (χ2v) is 4.75. The van der Waals surface area contributed by atoms with E-state index in [9.17, 15) is 0 Å². The highest BCUT2D eigenvalue weighted by atomic mass is 35.5. The van der Waals surface area contributed by atoms with Crippen molar-refractivity contribution in [2.75, 3.05) is 12.8 Å². The normalized spacial score (nSPS) is 10.8. The number of pyridine rings is 1. The zero-order chi connectivity index (χ0) is 13.0. The van der Waals surface area contributed by atoms with Gasteiger partial charge >= 0.3 is 0 Å². The van der Waals surface area contributed by atoms with Crippen LogP contribution < -0.4 is 5.73 Å². The summed E-state index contributed by atoms with van der Waals surface area (Å²) in [4.78, 5) is 6.45. The lowest BCUT2D eigenvalue weighted by atomic mass is 10.2. The highest BCUT2D eigenvalue weighted by Crippen LogP contribution is 2.17. The first-order valence-electron chi connectivity index (χ1n) is 5.77. The molecule has 2 N–H and O–H groups in total. The van der Waals surface area contributed by atoms with Gasteiger partial charge in [-0.05, 0) is 30.8 Å². The number of nitrogen functional groups attached to an aromatic ring is 1. The minimum atomic E-state index is 0.688. The van der Waals surface area contributed by atoms with Crippen molar-refractivity contribution >= 4 is 17.3 Å². The van der Waals surface area contributed by atoms with Crippen molar-refractivity contribution < 1.29 is 0 Å². The van der Waals surface area contributed by atoms with Gasteiger partial charge in [0.25, 0.3) is 0 Å². The molecule has 1 aromatic carbocycles. The van der Waals surface area contributed by atoms with Gasteiger partial charge in [0.2, 0.25) is 0 Å². The number of rotatable bonds is 4. The standard InChI is InChI=1S/C14H16ClN3/c1-18(9-11-4-2-3-5-14(11)15)10-13-7-6-12(16)8-17-13/h2-8H,9-10,16H2,1H3. The smallest absolute Gasteiger partial charge is 0.0545 e. The molecule has 0 fully saturated rings. The molecule has 0 saturated heterocycles. The Balaban J connectivity index is 1.99. The van der Waals surface area contributed by atoms with Crippen LogP contribution in [0.2, 0.25) is 5.02 Å². The maximum atomic E-state index is 6.13. The lowest BCUT2D eigenvalue weighted by Crippen LogP contribution is -2.18. The third kappa shape index (κ3) is 3.45. The van der Waals surface area contributed by atoms with E-state index in [0.717, 1.165) is 29.4 Å². The van der Waals surface area contributed by atoms with Crippen molar-refractivity contribution in [2.24, 2.45) is 0 Å². The summed E-state index contributed by atoms with van der Waals surface area (Å²) < 4.78 is 0. The molecule has 2 rings (SSSR count). The van der Waals surface area contributed by atoms with E-state index < -0.39 is 0 Å². The molecule has 94 valence electrons. The van der Waals surface area contributed by atoms with E-state index in [-0.39, 0.29) is 0 Å². The maximum absolute atomic E-state index is 6.13. The molecule has 0 unspecified atom stereocenters. The van der Waals surface area contributed by atoms with Gasteiger partial charge in [-0.1, -0.05) is 29.8 Å². The Labute approximate surface area is 112 Å². The van der Waals surface area contributed by atoms with Gasteiger partial charge in [-0.15, -0.1) is 0 Å². The lowest BCUT2D eigenvalue weighted by Gasteiger charge is -2.17. The van der Waals surface area contributed by atoms with Crippen molar-refractivity contribution in [1.29, 1.82) is 0 Å². The largest absolute Gasteiger partial charge is 0.397 e. The number of aromatic nitrogens is 1. The van der Waals surface area contributed by atoms with E-state index in [4.69, 9.17) is 17.3 Å². The van der Waals surface area contributed by atoms with Crippen LogP contribution in [-0.2, 0) is 13.1 Å². The molecule has 0 atom stereocenters. The summed E-state index contributed by atoms with van der Waals surface area (Å²) in [5.41, 5.74) is 8.42. The highest BCUT2D eigenvalue weighted by molar-refractivity contribution is 6.31. The number of benzene rings is 1. The van der Waals surface area contributed by atoms with Crippen LogP contribution in [0.3, 0.4) is 0 Å². The van der Waals surface area contributed by atoms with Crippen LogP contribution >= 0.6 is 11.6 Å². The Kier molecular flexibility index (Phi) is 4.18. The molecule has 0 aliphatic heterocycles. The van der Waals surface area contributed by atoms with E-state index in [2.05, 4.69) is 9.88 Å². The maximum Gasteiger partial charge on any atom is 0.0545 e. The number of nitrogens with two attached hydrogens (primary N) is 1. The topological polar surface area (TPSA) is 42.1 Å².